The van der Waals surface area contributed by atoms with Crippen LogP contribution in [0.2, 0.25) is 0 Å². The molecule has 2 aliphatic rings. The molecule has 3 rings (SSSR count). The third-order valence-corrected chi connectivity index (χ3v) is 7.03. The van der Waals surface area contributed by atoms with E-state index < -0.39 is 0 Å². The number of benzene rings is 1. The molecule has 0 saturated heterocycles. The molecular weight excluding hydrogens is 300 g/mol. The van der Waals surface area contributed by atoms with E-state index in [0.717, 1.165) is 5.92 Å². The Hall–Kier alpha value is -1.38. The van der Waals surface area contributed by atoms with E-state index in [-0.39, 0.29) is 11.5 Å². The molecule has 1 aromatic rings. The van der Waals surface area contributed by atoms with E-state index in [1.165, 1.54) is 38.2 Å². The van der Waals surface area contributed by atoms with Crippen molar-refractivity contribution < 1.29 is 14.9 Å². The van der Waals surface area contributed by atoms with Gasteiger partial charge in [0.15, 0.2) is 0 Å². The normalized spacial score (nSPS) is 35.2. The Balaban J connectivity index is 1.79. The second kappa shape index (κ2) is 6.16. The molecule has 0 aromatic heterocycles. The maximum Gasteiger partial charge on any atom is 0.126 e. The second-order valence-electron chi connectivity index (χ2n) is 9.06. The van der Waals surface area contributed by atoms with Crippen LogP contribution in [0.5, 0.6) is 17.2 Å². The molecule has 2 saturated carbocycles. The summed E-state index contributed by atoms with van der Waals surface area (Å²) >= 11 is 0. The first-order valence-electron chi connectivity index (χ1n) is 9.38. The molecule has 2 fully saturated rings. The minimum atomic E-state index is 0.0459. The van der Waals surface area contributed by atoms with Gasteiger partial charge in [-0.15, -0.1) is 0 Å². The van der Waals surface area contributed by atoms with Crippen LogP contribution in [-0.2, 0) is 0 Å². The number of phenols is 2. The Bertz CT molecular complexity index is 574. The minimum absolute atomic E-state index is 0.0459. The maximum absolute atomic E-state index is 9.65. The van der Waals surface area contributed by atoms with Crippen LogP contribution >= 0.6 is 0 Å². The predicted molar refractivity (Wildman–Crippen MR) is 96.4 cm³/mol. The summed E-state index contributed by atoms with van der Waals surface area (Å²) in [7, 11) is 0. The molecule has 0 heterocycles. The molecule has 24 heavy (non-hydrogen) atoms. The van der Waals surface area contributed by atoms with Crippen LogP contribution in [0.4, 0.5) is 0 Å². The van der Waals surface area contributed by atoms with Crippen LogP contribution < -0.4 is 4.74 Å². The van der Waals surface area contributed by atoms with Crippen LogP contribution in [-0.4, -0.2) is 16.8 Å². The Morgan fingerprint density at radius 1 is 1.04 bits per heavy atom. The lowest BCUT2D eigenvalue weighted by Crippen LogP contribution is -2.52. The van der Waals surface area contributed by atoms with Gasteiger partial charge in [-0.25, -0.2) is 0 Å². The van der Waals surface area contributed by atoms with Gasteiger partial charge >= 0.3 is 0 Å². The van der Waals surface area contributed by atoms with Crippen LogP contribution in [0.1, 0.15) is 59.8 Å². The van der Waals surface area contributed by atoms with Crippen molar-refractivity contribution in [3.8, 4) is 17.2 Å². The standard InChI is InChI=1S/C21H32O3/c1-14-6-7-19-20(2,3)8-5-9-21(19,4)18(14)13-24-17-11-15(22)10-16(23)12-17/h10-12,14,18-19,22-23H,5-9,13H2,1-4H3. The van der Waals surface area contributed by atoms with Crippen LogP contribution in [0.15, 0.2) is 18.2 Å². The predicted octanol–water partition coefficient (Wildman–Crippen LogP) is 5.36. The van der Waals surface area contributed by atoms with Gasteiger partial charge in [0.05, 0.1) is 6.61 Å². The Labute approximate surface area is 146 Å². The summed E-state index contributed by atoms with van der Waals surface area (Å²) in [6, 6.07) is 4.49. The molecule has 3 nitrogen and oxygen atoms in total. The molecular formula is C21H32O3. The van der Waals surface area contributed by atoms with Gasteiger partial charge in [-0.2, -0.15) is 0 Å². The molecule has 2 N–H and O–H groups in total. The number of aromatic hydroxyl groups is 2. The van der Waals surface area contributed by atoms with Gasteiger partial charge < -0.3 is 14.9 Å². The van der Waals surface area contributed by atoms with E-state index >= 15 is 0 Å². The summed E-state index contributed by atoms with van der Waals surface area (Å²) < 4.78 is 6.04. The zero-order valence-electron chi connectivity index (χ0n) is 15.5. The monoisotopic (exact) mass is 332 g/mol. The first-order chi connectivity index (χ1) is 11.2. The Morgan fingerprint density at radius 3 is 2.38 bits per heavy atom. The van der Waals surface area contributed by atoms with Gasteiger partial charge in [0.2, 0.25) is 0 Å². The van der Waals surface area contributed by atoms with E-state index in [4.69, 9.17) is 4.74 Å². The summed E-state index contributed by atoms with van der Waals surface area (Å²) in [6.07, 6.45) is 6.51. The summed E-state index contributed by atoms with van der Waals surface area (Å²) in [4.78, 5) is 0. The quantitative estimate of drug-likeness (QED) is 0.784. The molecule has 4 atom stereocenters. The van der Waals surface area contributed by atoms with Crippen molar-refractivity contribution in [2.75, 3.05) is 6.61 Å². The number of phenolic OH excluding ortho intramolecular Hbond substituents is 2. The highest BCUT2D eigenvalue weighted by Gasteiger charge is 2.53. The van der Waals surface area contributed by atoms with Crippen LogP contribution in [0.3, 0.4) is 0 Å². The Kier molecular flexibility index (Phi) is 4.48. The molecule has 2 aliphatic carbocycles. The number of ether oxygens (including phenoxy) is 1. The minimum Gasteiger partial charge on any atom is -0.508 e. The van der Waals surface area contributed by atoms with Crippen molar-refractivity contribution in [1.29, 1.82) is 0 Å². The van der Waals surface area contributed by atoms with E-state index in [1.807, 2.05) is 0 Å². The van der Waals surface area contributed by atoms with Crippen molar-refractivity contribution >= 4 is 0 Å². The fourth-order valence-corrected chi connectivity index (χ4v) is 5.80. The van der Waals surface area contributed by atoms with Gasteiger partial charge in [-0.05, 0) is 48.3 Å². The number of rotatable bonds is 3. The van der Waals surface area contributed by atoms with Crippen molar-refractivity contribution in [2.24, 2.45) is 28.6 Å². The zero-order chi connectivity index (χ0) is 17.5. The molecule has 0 radical (unpaired) electrons. The van der Waals surface area contributed by atoms with Gasteiger partial charge in [0.25, 0.3) is 0 Å². The molecule has 3 heteroatoms. The molecule has 0 spiro atoms. The average Bonchev–Trinajstić information content (AvgIpc) is 2.44. The first-order valence-corrected chi connectivity index (χ1v) is 9.38. The van der Waals surface area contributed by atoms with Crippen LogP contribution in [0, 0.1) is 28.6 Å². The lowest BCUT2D eigenvalue weighted by molar-refractivity contribution is -0.105. The summed E-state index contributed by atoms with van der Waals surface area (Å²) in [5, 5.41) is 19.3. The number of hydrogen-bond acceptors (Lipinski definition) is 3. The van der Waals surface area contributed by atoms with Crippen molar-refractivity contribution in [3.63, 3.8) is 0 Å². The average molecular weight is 332 g/mol. The van der Waals surface area contributed by atoms with E-state index in [0.29, 0.717) is 35.0 Å². The smallest absolute Gasteiger partial charge is 0.126 e. The summed E-state index contributed by atoms with van der Waals surface area (Å²) in [5.74, 6) is 2.56. The highest BCUT2D eigenvalue weighted by atomic mass is 16.5. The fourth-order valence-electron chi connectivity index (χ4n) is 5.80. The third-order valence-electron chi connectivity index (χ3n) is 7.03. The highest BCUT2D eigenvalue weighted by molar-refractivity contribution is 5.40. The number of fused-ring (bicyclic) bond motifs is 1. The summed E-state index contributed by atoms with van der Waals surface area (Å²) in [5.41, 5.74) is 0.729. The SMILES string of the molecule is CC1CCC2C(C)(C)CCCC2(C)C1COc1cc(O)cc(O)c1. The number of hydrogen-bond donors (Lipinski definition) is 2. The fraction of sp³-hybridized carbons (Fsp3) is 0.714. The molecule has 1 aromatic carbocycles. The summed E-state index contributed by atoms with van der Waals surface area (Å²) in [6.45, 7) is 10.4. The molecule has 0 bridgehead atoms. The van der Waals surface area contributed by atoms with Crippen molar-refractivity contribution in [2.45, 2.75) is 59.8 Å². The van der Waals surface area contributed by atoms with Gasteiger partial charge in [-0.3, -0.25) is 0 Å². The van der Waals surface area contributed by atoms with E-state index in [9.17, 15) is 10.2 Å². The van der Waals surface area contributed by atoms with E-state index in [1.54, 1.807) is 12.1 Å². The van der Waals surface area contributed by atoms with Crippen LogP contribution in [0.25, 0.3) is 0 Å². The topological polar surface area (TPSA) is 49.7 Å². The largest absolute Gasteiger partial charge is 0.508 e. The Morgan fingerprint density at radius 2 is 1.71 bits per heavy atom. The molecule has 134 valence electrons. The maximum atomic E-state index is 9.65. The van der Waals surface area contributed by atoms with E-state index in [2.05, 4.69) is 27.7 Å². The zero-order valence-corrected chi connectivity index (χ0v) is 15.5. The van der Waals surface area contributed by atoms with Gasteiger partial charge in [0, 0.05) is 24.1 Å². The highest BCUT2D eigenvalue weighted by Crippen LogP contribution is 2.61. The van der Waals surface area contributed by atoms with Gasteiger partial charge in [0.1, 0.15) is 17.2 Å². The third kappa shape index (κ3) is 3.10. The van der Waals surface area contributed by atoms with Gasteiger partial charge in [-0.1, -0.05) is 34.1 Å². The lowest BCUT2D eigenvalue weighted by Gasteiger charge is -2.59. The molecule has 4 unspecified atom stereocenters. The van der Waals surface area contributed by atoms with Crippen molar-refractivity contribution in [1.82, 2.24) is 0 Å². The second-order valence-corrected chi connectivity index (χ2v) is 9.06. The molecule has 0 aliphatic heterocycles. The first kappa shape index (κ1) is 17.4. The lowest BCUT2D eigenvalue weighted by atomic mass is 9.47. The van der Waals surface area contributed by atoms with Crippen molar-refractivity contribution in [3.05, 3.63) is 18.2 Å². The molecule has 0 amide bonds.